The topological polar surface area (TPSA) is 29.1 Å². The zero-order valence-corrected chi connectivity index (χ0v) is 10.7. The Balaban J connectivity index is 2.53. The van der Waals surface area contributed by atoms with Crippen molar-refractivity contribution in [2.45, 2.75) is 26.7 Å². The first kappa shape index (κ1) is 10.7. The molecule has 0 aliphatic carbocycles. The first-order chi connectivity index (χ1) is 6.89. The molecule has 0 radical (unpaired) electrons. The lowest BCUT2D eigenvalue weighted by Gasteiger charge is -2.25. The highest BCUT2D eigenvalue weighted by Gasteiger charge is 2.39. The zero-order valence-electron chi connectivity index (χ0n) is 9.10. The highest BCUT2D eigenvalue weighted by atomic mass is 79.9. The molecule has 1 aliphatic heterocycles. The predicted molar refractivity (Wildman–Crippen MR) is 65.0 cm³/mol. The van der Waals surface area contributed by atoms with E-state index in [4.69, 9.17) is 0 Å². The molecule has 0 fully saturated rings. The average molecular weight is 268 g/mol. The number of benzene rings is 1. The molecule has 1 heterocycles. The van der Waals surface area contributed by atoms with Gasteiger partial charge in [-0.25, -0.2) is 0 Å². The third-order valence-electron chi connectivity index (χ3n) is 2.71. The maximum absolute atomic E-state index is 11.9. The van der Waals surface area contributed by atoms with Crippen molar-refractivity contribution in [2.24, 2.45) is 5.41 Å². The summed E-state index contributed by atoms with van der Waals surface area (Å²) in [5.74, 6) is 0.0561. The molecule has 3 heteroatoms. The minimum absolute atomic E-state index is 0.0455. The molecule has 0 aromatic heterocycles. The van der Waals surface area contributed by atoms with Crippen LogP contribution in [-0.2, 0) is 4.79 Å². The van der Waals surface area contributed by atoms with Crippen molar-refractivity contribution in [3.05, 3.63) is 28.2 Å². The van der Waals surface area contributed by atoms with E-state index in [1.807, 2.05) is 18.2 Å². The van der Waals surface area contributed by atoms with Gasteiger partial charge in [0.15, 0.2) is 0 Å². The average Bonchev–Trinajstić information content (AvgIpc) is 2.38. The number of hydrogen-bond acceptors (Lipinski definition) is 1. The molecule has 0 spiro atoms. The maximum Gasteiger partial charge on any atom is 0.232 e. The van der Waals surface area contributed by atoms with E-state index in [1.165, 1.54) is 0 Å². The Morgan fingerprint density at radius 3 is 2.60 bits per heavy atom. The van der Waals surface area contributed by atoms with E-state index in [-0.39, 0.29) is 17.2 Å². The van der Waals surface area contributed by atoms with E-state index in [9.17, 15) is 4.79 Å². The van der Waals surface area contributed by atoms with Crippen molar-refractivity contribution in [2.75, 3.05) is 5.32 Å². The second-order valence-corrected chi connectivity index (χ2v) is 5.94. The minimum Gasteiger partial charge on any atom is -0.325 e. The van der Waals surface area contributed by atoms with E-state index in [0.717, 1.165) is 15.7 Å². The van der Waals surface area contributed by atoms with Crippen LogP contribution in [0.25, 0.3) is 0 Å². The van der Waals surface area contributed by atoms with Crippen LogP contribution in [0.5, 0.6) is 0 Å². The van der Waals surface area contributed by atoms with Crippen LogP contribution >= 0.6 is 15.9 Å². The van der Waals surface area contributed by atoms with Gasteiger partial charge in [0.1, 0.15) is 0 Å². The second-order valence-electron chi connectivity index (χ2n) is 5.02. The van der Waals surface area contributed by atoms with Gasteiger partial charge in [-0.1, -0.05) is 36.7 Å². The zero-order chi connectivity index (χ0) is 11.2. The van der Waals surface area contributed by atoms with Gasteiger partial charge in [-0.3, -0.25) is 4.79 Å². The normalized spacial score (nSPS) is 20.0. The predicted octanol–water partition coefficient (Wildman–Crippen LogP) is 3.53. The standard InChI is InChI=1S/C12H14BrNO/c1-12(2,3)10-8-6-7(13)4-5-9(8)14-11(10)15/h4-6,10H,1-3H3,(H,14,15). The van der Waals surface area contributed by atoms with Gasteiger partial charge in [-0.05, 0) is 29.2 Å². The minimum atomic E-state index is -0.0509. The van der Waals surface area contributed by atoms with Crippen molar-refractivity contribution in [3.8, 4) is 0 Å². The molecule has 2 rings (SSSR count). The third kappa shape index (κ3) is 1.81. The molecule has 1 atom stereocenters. The number of carbonyl (C=O) groups excluding carboxylic acids is 1. The van der Waals surface area contributed by atoms with Crippen LogP contribution in [0, 0.1) is 5.41 Å². The number of anilines is 1. The Bertz CT molecular complexity index is 420. The van der Waals surface area contributed by atoms with Gasteiger partial charge in [-0.15, -0.1) is 0 Å². The van der Waals surface area contributed by atoms with Crippen LogP contribution < -0.4 is 5.32 Å². The Kier molecular flexibility index (Phi) is 2.38. The molecule has 1 amide bonds. The lowest BCUT2D eigenvalue weighted by Crippen LogP contribution is -2.25. The van der Waals surface area contributed by atoms with Crippen molar-refractivity contribution in [1.82, 2.24) is 0 Å². The van der Waals surface area contributed by atoms with Gasteiger partial charge in [0, 0.05) is 10.2 Å². The summed E-state index contributed by atoms with van der Waals surface area (Å²) in [6.07, 6.45) is 0. The molecule has 0 saturated carbocycles. The molecule has 0 bridgehead atoms. The lowest BCUT2D eigenvalue weighted by atomic mass is 9.77. The van der Waals surface area contributed by atoms with E-state index < -0.39 is 0 Å². The third-order valence-corrected chi connectivity index (χ3v) is 3.20. The smallest absolute Gasteiger partial charge is 0.232 e. The van der Waals surface area contributed by atoms with E-state index >= 15 is 0 Å². The summed E-state index contributed by atoms with van der Waals surface area (Å²) in [4.78, 5) is 11.9. The molecule has 1 N–H and O–H groups in total. The van der Waals surface area contributed by atoms with Crippen molar-refractivity contribution >= 4 is 27.5 Å². The molecular weight excluding hydrogens is 254 g/mol. The molecule has 2 nitrogen and oxygen atoms in total. The van der Waals surface area contributed by atoms with Crippen LogP contribution in [0.1, 0.15) is 32.3 Å². The monoisotopic (exact) mass is 267 g/mol. The maximum atomic E-state index is 11.9. The lowest BCUT2D eigenvalue weighted by molar-refractivity contribution is -0.119. The number of halogens is 1. The molecule has 0 saturated heterocycles. The summed E-state index contributed by atoms with van der Waals surface area (Å²) in [6.45, 7) is 6.27. The van der Waals surface area contributed by atoms with Crippen molar-refractivity contribution in [1.29, 1.82) is 0 Å². The second kappa shape index (κ2) is 3.34. The summed E-state index contributed by atoms with van der Waals surface area (Å²) in [6, 6.07) is 5.93. The molecular formula is C12H14BrNO. The molecule has 1 unspecified atom stereocenters. The largest absolute Gasteiger partial charge is 0.325 e. The number of hydrogen-bond donors (Lipinski definition) is 1. The fourth-order valence-electron chi connectivity index (χ4n) is 2.09. The van der Waals surface area contributed by atoms with Crippen molar-refractivity contribution < 1.29 is 4.79 Å². The number of rotatable bonds is 0. The van der Waals surface area contributed by atoms with Gasteiger partial charge in [0.2, 0.25) is 5.91 Å². The Hall–Kier alpha value is -0.830. The first-order valence-corrected chi connectivity index (χ1v) is 5.79. The van der Waals surface area contributed by atoms with E-state index in [2.05, 4.69) is 42.0 Å². The van der Waals surface area contributed by atoms with Crippen LogP contribution in [-0.4, -0.2) is 5.91 Å². The highest BCUT2D eigenvalue weighted by Crippen LogP contribution is 2.44. The Labute approximate surface area is 98.2 Å². The molecule has 1 aliphatic rings. The summed E-state index contributed by atoms with van der Waals surface area (Å²) < 4.78 is 1.02. The Morgan fingerprint density at radius 2 is 2.00 bits per heavy atom. The van der Waals surface area contributed by atoms with Gasteiger partial charge < -0.3 is 5.32 Å². The Morgan fingerprint density at radius 1 is 1.33 bits per heavy atom. The number of carbonyl (C=O) groups is 1. The molecule has 15 heavy (non-hydrogen) atoms. The first-order valence-electron chi connectivity index (χ1n) is 5.00. The number of nitrogens with one attached hydrogen (secondary N) is 1. The summed E-state index contributed by atoms with van der Waals surface area (Å²) >= 11 is 3.44. The molecule has 1 aromatic rings. The molecule has 80 valence electrons. The number of fused-ring (bicyclic) bond motifs is 1. The van der Waals surface area contributed by atoms with Gasteiger partial charge in [-0.2, -0.15) is 0 Å². The molecule has 1 aromatic carbocycles. The number of amides is 1. The van der Waals surface area contributed by atoms with E-state index in [0.29, 0.717) is 0 Å². The van der Waals surface area contributed by atoms with Crippen LogP contribution in [0.3, 0.4) is 0 Å². The fourth-order valence-corrected chi connectivity index (χ4v) is 2.47. The quantitative estimate of drug-likeness (QED) is 0.766. The SMILES string of the molecule is CC(C)(C)C1C(=O)Nc2ccc(Br)cc21. The van der Waals surface area contributed by atoms with Crippen LogP contribution in [0.2, 0.25) is 0 Å². The van der Waals surface area contributed by atoms with Gasteiger partial charge in [0.05, 0.1) is 5.92 Å². The summed E-state index contributed by atoms with van der Waals surface area (Å²) in [7, 11) is 0. The summed E-state index contributed by atoms with van der Waals surface area (Å²) in [5.41, 5.74) is 2.00. The van der Waals surface area contributed by atoms with E-state index in [1.54, 1.807) is 0 Å². The highest BCUT2D eigenvalue weighted by molar-refractivity contribution is 9.10. The van der Waals surface area contributed by atoms with Crippen LogP contribution in [0.4, 0.5) is 5.69 Å². The summed E-state index contributed by atoms with van der Waals surface area (Å²) in [5, 5.41) is 2.92. The van der Waals surface area contributed by atoms with Crippen LogP contribution in [0.15, 0.2) is 22.7 Å². The van der Waals surface area contributed by atoms with Crippen molar-refractivity contribution in [3.63, 3.8) is 0 Å². The van der Waals surface area contributed by atoms with Gasteiger partial charge in [0.25, 0.3) is 0 Å². The van der Waals surface area contributed by atoms with Gasteiger partial charge >= 0.3 is 0 Å². The fraction of sp³-hybridized carbons (Fsp3) is 0.417.